The first kappa shape index (κ1) is 31.7. The number of imidazole rings is 1. The van der Waals surface area contributed by atoms with E-state index in [4.69, 9.17) is 39.0 Å². The van der Waals surface area contributed by atoms with Crippen molar-refractivity contribution in [1.82, 2.24) is 39.1 Å². The molecule has 2 unspecified atom stereocenters. The molecule has 1 aliphatic carbocycles. The summed E-state index contributed by atoms with van der Waals surface area (Å²) in [6.45, 7) is -2.08. The number of hydrogen-bond acceptors (Lipinski definition) is 16. The number of ether oxygens (including phenoxy) is 2. The number of rotatable bonds is 2. The number of anilines is 2. The molecule has 0 radical (unpaired) electrons. The molecule has 4 aromatic rings. The topological polar surface area (TPSA) is 289 Å². The fourth-order valence-corrected chi connectivity index (χ4v) is 8.35. The molecule has 8 rings (SSSR count). The van der Waals surface area contributed by atoms with Crippen LogP contribution in [-0.2, 0) is 36.7 Å². The Morgan fingerprint density at radius 2 is 1.77 bits per heavy atom. The van der Waals surface area contributed by atoms with Gasteiger partial charge in [0.1, 0.15) is 30.7 Å². The summed E-state index contributed by atoms with van der Waals surface area (Å²) in [6.07, 6.45) is -10.9. The van der Waals surface area contributed by atoms with E-state index in [1.807, 2.05) is 0 Å². The Bertz CT molecular complexity index is 2120. The number of fused-ring (bicyclic) bond motifs is 3. The number of nitrogen functional groups attached to an aromatic ring is 2. The maximum absolute atomic E-state index is 16.0. The second-order valence-corrected chi connectivity index (χ2v) is 14.3. The molecule has 258 valence electrons. The first-order chi connectivity index (χ1) is 22.6. The lowest BCUT2D eigenvalue weighted by Crippen LogP contribution is -2.36. The average Bonchev–Trinajstić information content (AvgIpc) is 3.49. The quantitative estimate of drug-likeness (QED) is 0.172. The fraction of sp³-hybridized carbons (Fsp3) is 0.545. The highest BCUT2D eigenvalue weighted by atomic mass is 31.2. The summed E-state index contributed by atoms with van der Waals surface area (Å²) in [7, 11) is -10.7. The largest absolute Gasteiger partial charge is 0.472 e. The molecule has 0 aromatic carbocycles. The number of nitrogens with one attached hydrogen (secondary N) is 1. The van der Waals surface area contributed by atoms with Crippen molar-refractivity contribution in [2.45, 2.75) is 55.3 Å². The predicted octanol–water partition coefficient (Wildman–Crippen LogP) is 0.141. The molecule has 1 saturated carbocycles. The molecule has 1 spiro atoms. The van der Waals surface area contributed by atoms with Crippen molar-refractivity contribution in [3.8, 4) is 0 Å². The van der Waals surface area contributed by atoms with Crippen LogP contribution in [0, 0.1) is 5.41 Å². The molecule has 0 amide bonds. The molecule has 7 heterocycles. The van der Waals surface area contributed by atoms with Gasteiger partial charge in [0.15, 0.2) is 29.2 Å². The van der Waals surface area contributed by atoms with E-state index < -0.39 is 95.1 Å². The summed E-state index contributed by atoms with van der Waals surface area (Å²) < 4.78 is 107. The van der Waals surface area contributed by atoms with Gasteiger partial charge < -0.3 is 30.7 Å². The van der Waals surface area contributed by atoms with Gasteiger partial charge in [-0.25, -0.2) is 37.3 Å². The van der Waals surface area contributed by atoms with E-state index in [1.54, 1.807) is 0 Å². The van der Waals surface area contributed by atoms with Gasteiger partial charge in [-0.3, -0.25) is 32.4 Å². The predicted molar refractivity (Wildman–Crippen MR) is 147 cm³/mol. The lowest BCUT2D eigenvalue weighted by Gasteiger charge is -2.26. The lowest BCUT2D eigenvalue weighted by molar-refractivity contribution is -0.0550. The van der Waals surface area contributed by atoms with Crippen molar-refractivity contribution in [2.24, 2.45) is 5.41 Å². The van der Waals surface area contributed by atoms with E-state index in [0.717, 1.165) is 27.9 Å². The number of alkyl halides is 3. The summed E-state index contributed by atoms with van der Waals surface area (Å²) >= 11 is 0. The second kappa shape index (κ2) is 10.5. The maximum atomic E-state index is 16.0. The second-order valence-electron chi connectivity index (χ2n) is 11.4. The minimum absolute atomic E-state index is 0.00264. The van der Waals surface area contributed by atoms with E-state index in [-0.39, 0.29) is 34.3 Å². The molecule has 2 bridgehead atoms. The van der Waals surface area contributed by atoms with Crippen molar-refractivity contribution in [3.63, 3.8) is 0 Å². The number of hydrogen-bond donors (Lipinski definition) is 5. The minimum Gasteiger partial charge on any atom is -0.369 e. The first-order valence-electron chi connectivity index (χ1n) is 13.9. The standard InChI is InChI=1S/C22H23F3N10O11P2/c23-10-13-8(43-18(10)34-6-30-11-16(34)32-19(26)33-17(11)36)2-41-48(39,40)46-14-12(7-1-31-35-15(7)28-5-29-20(35)27)44-9(3-42-47(37,38)45-13)21(14)4-22(21,24)25/h1,5-6,8-10,12-14,18H,2-4H2,(H,37,38)(H,39,40)(H2,27,28,29)(H3,26,32,33,36)/t8-,9-,10-,12+,13-,14+,18-,21+/m1/s1. The van der Waals surface area contributed by atoms with Crippen molar-refractivity contribution in [3.05, 3.63) is 34.8 Å². The third kappa shape index (κ3) is 4.78. The lowest BCUT2D eigenvalue weighted by atomic mass is 9.90. The summed E-state index contributed by atoms with van der Waals surface area (Å²) in [5.41, 5.74) is 7.82. The summed E-state index contributed by atoms with van der Waals surface area (Å²) in [5.74, 6) is -4.05. The number of halogens is 3. The van der Waals surface area contributed by atoms with Gasteiger partial charge in [-0.1, -0.05) is 0 Å². The van der Waals surface area contributed by atoms with Crippen LogP contribution in [0.15, 0.2) is 23.6 Å². The Labute approximate surface area is 263 Å². The molecule has 4 aromatic heterocycles. The van der Waals surface area contributed by atoms with Crippen LogP contribution in [0.25, 0.3) is 16.8 Å². The molecule has 3 aliphatic heterocycles. The zero-order chi connectivity index (χ0) is 34.0. The highest BCUT2D eigenvalue weighted by Crippen LogP contribution is 2.74. The van der Waals surface area contributed by atoms with Gasteiger partial charge in [0.05, 0.1) is 37.3 Å². The first-order valence-corrected chi connectivity index (χ1v) is 16.9. The zero-order valence-electron chi connectivity index (χ0n) is 23.8. The van der Waals surface area contributed by atoms with Crippen molar-refractivity contribution < 1.29 is 59.7 Å². The third-order valence-corrected chi connectivity index (χ3v) is 10.6. The number of aromatic amines is 1. The monoisotopic (exact) mass is 722 g/mol. The van der Waals surface area contributed by atoms with Gasteiger partial charge in [-0.05, 0) is 0 Å². The molecule has 3 saturated heterocycles. The van der Waals surface area contributed by atoms with Crippen LogP contribution in [0.3, 0.4) is 0 Å². The highest BCUT2D eigenvalue weighted by molar-refractivity contribution is 7.47. The number of aromatic nitrogens is 8. The van der Waals surface area contributed by atoms with Crippen molar-refractivity contribution >= 4 is 44.4 Å². The molecular weight excluding hydrogens is 699 g/mol. The van der Waals surface area contributed by atoms with E-state index >= 15 is 13.2 Å². The zero-order valence-corrected chi connectivity index (χ0v) is 25.6. The van der Waals surface area contributed by atoms with Crippen LogP contribution in [0.2, 0.25) is 0 Å². The third-order valence-electron chi connectivity index (χ3n) is 8.69. The summed E-state index contributed by atoms with van der Waals surface area (Å²) in [5, 5.41) is 4.02. The number of phosphoric ester groups is 2. The fourth-order valence-electron chi connectivity index (χ4n) is 6.42. The molecule has 21 nitrogen and oxygen atoms in total. The summed E-state index contributed by atoms with van der Waals surface area (Å²) in [4.78, 5) is 51.6. The Kier molecular flexibility index (Phi) is 6.91. The van der Waals surface area contributed by atoms with Crippen LogP contribution in [0.4, 0.5) is 25.1 Å². The van der Waals surface area contributed by atoms with Gasteiger partial charge >= 0.3 is 15.6 Å². The van der Waals surface area contributed by atoms with Crippen molar-refractivity contribution in [1.29, 1.82) is 0 Å². The smallest absolute Gasteiger partial charge is 0.369 e. The average molecular weight is 722 g/mol. The number of H-pyrrole nitrogens is 1. The van der Waals surface area contributed by atoms with Crippen LogP contribution in [0.5, 0.6) is 0 Å². The van der Waals surface area contributed by atoms with Crippen molar-refractivity contribution in [2.75, 3.05) is 24.7 Å². The van der Waals surface area contributed by atoms with Crippen LogP contribution < -0.4 is 17.0 Å². The van der Waals surface area contributed by atoms with Gasteiger partial charge in [-0.2, -0.15) is 14.6 Å². The molecule has 26 heteroatoms. The van der Waals surface area contributed by atoms with Gasteiger partial charge in [0.2, 0.25) is 11.9 Å². The Hall–Kier alpha value is -3.57. The maximum Gasteiger partial charge on any atom is 0.472 e. The number of nitrogens with zero attached hydrogens (tertiary/aromatic N) is 7. The molecular formula is C22H23F3N10O11P2. The van der Waals surface area contributed by atoms with E-state index in [9.17, 15) is 23.7 Å². The molecule has 4 fully saturated rings. The Balaban J connectivity index is 1.15. The molecule has 7 N–H and O–H groups in total. The Morgan fingerprint density at radius 1 is 1.04 bits per heavy atom. The van der Waals surface area contributed by atoms with E-state index in [0.29, 0.717) is 0 Å². The summed E-state index contributed by atoms with van der Waals surface area (Å²) in [6, 6.07) is 0. The van der Waals surface area contributed by atoms with E-state index in [2.05, 4.69) is 30.0 Å². The molecule has 4 aliphatic rings. The Morgan fingerprint density at radius 3 is 2.52 bits per heavy atom. The van der Waals surface area contributed by atoms with Crippen LogP contribution >= 0.6 is 15.6 Å². The molecule has 48 heavy (non-hydrogen) atoms. The normalized spacial score (nSPS) is 39.6. The number of nitrogens with two attached hydrogens (primary N) is 2. The van der Waals surface area contributed by atoms with E-state index in [1.165, 1.54) is 0 Å². The SMILES string of the molecule is Nc1nc2c(ncn2[C@@H]2O[C@@H]3COP(=O)(O)O[C@H]4[C@H](c5cnn6c(N)ncnc56)O[C@H](COP(=O)(O)O[C@H]3[C@H]2F)[C@@]42CC2(F)F)c(=O)[nH]1. The highest BCUT2D eigenvalue weighted by Gasteiger charge is 2.84. The van der Waals surface area contributed by atoms with Gasteiger partial charge in [0, 0.05) is 12.0 Å². The van der Waals surface area contributed by atoms with Crippen LogP contribution in [0.1, 0.15) is 24.3 Å². The van der Waals surface area contributed by atoms with Gasteiger partial charge in [0.25, 0.3) is 11.5 Å². The minimum atomic E-state index is -5.36. The van der Waals surface area contributed by atoms with Crippen LogP contribution in [-0.4, -0.2) is 98.6 Å². The molecule has 10 atom stereocenters. The van der Waals surface area contributed by atoms with Gasteiger partial charge in [-0.15, -0.1) is 0 Å². The number of phosphoric acid groups is 2.